The second-order valence-corrected chi connectivity index (χ2v) is 5.39. The van der Waals surface area contributed by atoms with E-state index in [1.165, 1.54) is 0 Å². The van der Waals surface area contributed by atoms with Crippen LogP contribution in [0.15, 0.2) is 24.3 Å². The van der Waals surface area contributed by atoms with E-state index in [1.807, 2.05) is 39.0 Å². The lowest BCUT2D eigenvalue weighted by molar-refractivity contribution is -0.150. The van der Waals surface area contributed by atoms with E-state index in [4.69, 9.17) is 10.5 Å². The maximum absolute atomic E-state index is 11.2. The van der Waals surface area contributed by atoms with Gasteiger partial charge in [-0.3, -0.25) is 0 Å². The quantitative estimate of drug-likeness (QED) is 0.840. The van der Waals surface area contributed by atoms with Gasteiger partial charge in [0.05, 0.1) is 0 Å². The Hall–Kier alpha value is -1.55. The molecule has 0 spiro atoms. The molecule has 1 atom stereocenters. The van der Waals surface area contributed by atoms with Gasteiger partial charge in [-0.05, 0) is 30.7 Å². The molecule has 0 aliphatic carbocycles. The second kappa shape index (κ2) is 5.87. The van der Waals surface area contributed by atoms with E-state index in [1.54, 1.807) is 6.07 Å². The molecule has 1 unspecified atom stereocenters. The minimum Gasteiger partial charge on any atom is -0.478 e. The van der Waals surface area contributed by atoms with Crippen molar-refractivity contribution in [3.63, 3.8) is 0 Å². The fourth-order valence-electron chi connectivity index (χ4n) is 1.67. The van der Waals surface area contributed by atoms with Crippen LogP contribution in [0.4, 0.5) is 0 Å². The Balaban J connectivity index is 2.87. The molecule has 18 heavy (non-hydrogen) atoms. The number of hydrogen-bond acceptors (Lipinski definition) is 3. The molecule has 0 heterocycles. The van der Waals surface area contributed by atoms with Gasteiger partial charge in [0.15, 0.2) is 6.10 Å². The van der Waals surface area contributed by atoms with Crippen molar-refractivity contribution in [1.29, 1.82) is 0 Å². The van der Waals surface area contributed by atoms with Crippen LogP contribution in [-0.4, -0.2) is 23.7 Å². The van der Waals surface area contributed by atoms with E-state index in [0.29, 0.717) is 12.3 Å². The highest BCUT2D eigenvalue weighted by Gasteiger charge is 2.33. The van der Waals surface area contributed by atoms with E-state index in [0.717, 1.165) is 12.0 Å². The summed E-state index contributed by atoms with van der Waals surface area (Å²) >= 11 is 0. The lowest BCUT2D eigenvalue weighted by Crippen LogP contribution is -2.39. The molecule has 100 valence electrons. The predicted octanol–water partition coefficient (Wildman–Crippen LogP) is 2.07. The van der Waals surface area contributed by atoms with E-state index in [-0.39, 0.29) is 0 Å². The number of nitrogens with two attached hydrogens (primary N) is 1. The Morgan fingerprint density at radius 3 is 2.61 bits per heavy atom. The minimum absolute atomic E-state index is 0.463. The van der Waals surface area contributed by atoms with Crippen LogP contribution in [0.3, 0.4) is 0 Å². The molecule has 0 fully saturated rings. The molecule has 0 aliphatic rings. The highest BCUT2D eigenvalue weighted by Crippen LogP contribution is 2.25. The Morgan fingerprint density at radius 2 is 2.11 bits per heavy atom. The van der Waals surface area contributed by atoms with Gasteiger partial charge in [0.2, 0.25) is 0 Å². The van der Waals surface area contributed by atoms with Crippen molar-refractivity contribution < 1.29 is 14.6 Å². The van der Waals surface area contributed by atoms with Gasteiger partial charge < -0.3 is 15.6 Å². The highest BCUT2D eigenvalue weighted by molar-refractivity contribution is 5.73. The number of carboxylic acid groups (broad SMARTS) is 1. The Bertz CT molecular complexity index is 410. The number of hydrogen-bond donors (Lipinski definition) is 2. The first-order chi connectivity index (χ1) is 8.34. The smallest absolute Gasteiger partial charge is 0.345 e. The lowest BCUT2D eigenvalue weighted by Gasteiger charge is -2.27. The molecular weight excluding hydrogens is 230 g/mol. The van der Waals surface area contributed by atoms with Crippen LogP contribution in [0, 0.1) is 5.41 Å². The number of carbonyl (C=O) groups is 1. The zero-order valence-corrected chi connectivity index (χ0v) is 11.1. The molecule has 0 aromatic heterocycles. The third-order valence-electron chi connectivity index (χ3n) is 2.60. The Kier molecular flexibility index (Phi) is 4.73. The standard InChI is InChI=1S/C14H21NO3/c1-14(2,3)12(13(16)17)18-11-6-4-5-10(9-11)7-8-15/h4-6,9,12H,7-8,15H2,1-3H3,(H,16,17). The van der Waals surface area contributed by atoms with E-state index in [9.17, 15) is 9.90 Å². The van der Waals surface area contributed by atoms with Crippen LogP contribution in [0.1, 0.15) is 26.3 Å². The van der Waals surface area contributed by atoms with Gasteiger partial charge in [-0.2, -0.15) is 0 Å². The summed E-state index contributed by atoms with van der Waals surface area (Å²) in [5.74, 6) is -0.380. The molecule has 3 N–H and O–H groups in total. The molecule has 0 saturated carbocycles. The first-order valence-electron chi connectivity index (χ1n) is 6.03. The molecule has 4 heteroatoms. The van der Waals surface area contributed by atoms with Gasteiger partial charge in [0.25, 0.3) is 0 Å². The Labute approximate surface area is 108 Å². The van der Waals surface area contributed by atoms with Crippen molar-refractivity contribution in [2.45, 2.75) is 33.3 Å². The third kappa shape index (κ3) is 4.04. The van der Waals surface area contributed by atoms with Crippen molar-refractivity contribution in [3.05, 3.63) is 29.8 Å². The van der Waals surface area contributed by atoms with Gasteiger partial charge in [-0.15, -0.1) is 0 Å². The highest BCUT2D eigenvalue weighted by atomic mass is 16.5. The normalized spacial score (nSPS) is 13.1. The molecule has 0 amide bonds. The van der Waals surface area contributed by atoms with Crippen LogP contribution in [0.5, 0.6) is 5.75 Å². The molecule has 4 nitrogen and oxygen atoms in total. The molecule has 1 aromatic rings. The van der Waals surface area contributed by atoms with Crippen molar-refractivity contribution in [3.8, 4) is 5.75 Å². The van der Waals surface area contributed by atoms with Crippen LogP contribution >= 0.6 is 0 Å². The monoisotopic (exact) mass is 251 g/mol. The number of aliphatic carboxylic acids is 1. The zero-order valence-electron chi connectivity index (χ0n) is 11.1. The van der Waals surface area contributed by atoms with Crippen LogP contribution in [0.25, 0.3) is 0 Å². The van der Waals surface area contributed by atoms with Crippen LogP contribution in [0.2, 0.25) is 0 Å². The summed E-state index contributed by atoms with van der Waals surface area (Å²) in [5, 5.41) is 9.20. The maximum Gasteiger partial charge on any atom is 0.345 e. The topological polar surface area (TPSA) is 72.5 Å². The summed E-state index contributed by atoms with van der Waals surface area (Å²) in [6.07, 6.45) is -0.115. The summed E-state index contributed by atoms with van der Waals surface area (Å²) in [4.78, 5) is 11.2. The number of carboxylic acids is 1. The number of benzene rings is 1. The van der Waals surface area contributed by atoms with Gasteiger partial charge in [0.1, 0.15) is 5.75 Å². The van der Waals surface area contributed by atoms with Crippen LogP contribution < -0.4 is 10.5 Å². The van der Waals surface area contributed by atoms with Gasteiger partial charge in [-0.25, -0.2) is 4.79 Å². The Morgan fingerprint density at radius 1 is 1.44 bits per heavy atom. The fourth-order valence-corrected chi connectivity index (χ4v) is 1.67. The molecule has 0 saturated heterocycles. The largest absolute Gasteiger partial charge is 0.478 e. The van der Waals surface area contributed by atoms with Crippen molar-refractivity contribution in [2.75, 3.05) is 6.54 Å². The molecule has 1 aromatic carbocycles. The SMILES string of the molecule is CC(C)(C)C(Oc1cccc(CCN)c1)C(=O)O. The fraction of sp³-hybridized carbons (Fsp3) is 0.500. The van der Waals surface area contributed by atoms with Gasteiger partial charge in [-0.1, -0.05) is 32.9 Å². The minimum atomic E-state index is -0.952. The average molecular weight is 251 g/mol. The van der Waals surface area contributed by atoms with E-state index >= 15 is 0 Å². The average Bonchev–Trinajstić information content (AvgIpc) is 2.25. The predicted molar refractivity (Wildman–Crippen MR) is 70.7 cm³/mol. The van der Waals surface area contributed by atoms with Gasteiger partial charge in [0, 0.05) is 5.41 Å². The van der Waals surface area contributed by atoms with E-state index in [2.05, 4.69) is 0 Å². The molecule has 0 aliphatic heterocycles. The van der Waals surface area contributed by atoms with Crippen LogP contribution in [-0.2, 0) is 11.2 Å². The summed E-state index contributed by atoms with van der Waals surface area (Å²) in [6.45, 7) is 6.09. The van der Waals surface area contributed by atoms with Gasteiger partial charge >= 0.3 is 5.97 Å². The molecule has 0 bridgehead atoms. The summed E-state index contributed by atoms with van der Waals surface area (Å²) in [5.41, 5.74) is 6.08. The first kappa shape index (κ1) is 14.5. The summed E-state index contributed by atoms with van der Waals surface area (Å²) in [6, 6.07) is 7.41. The van der Waals surface area contributed by atoms with Crippen molar-refractivity contribution >= 4 is 5.97 Å². The van der Waals surface area contributed by atoms with Crippen molar-refractivity contribution in [2.24, 2.45) is 11.1 Å². The zero-order chi connectivity index (χ0) is 13.8. The maximum atomic E-state index is 11.2. The molecular formula is C14H21NO3. The summed E-state index contributed by atoms with van der Waals surface area (Å²) in [7, 11) is 0. The van der Waals surface area contributed by atoms with Crippen molar-refractivity contribution in [1.82, 2.24) is 0 Å². The first-order valence-corrected chi connectivity index (χ1v) is 6.03. The number of ether oxygens (including phenoxy) is 1. The second-order valence-electron chi connectivity index (χ2n) is 5.39. The summed E-state index contributed by atoms with van der Waals surface area (Å²) < 4.78 is 5.59. The third-order valence-corrected chi connectivity index (χ3v) is 2.60. The lowest BCUT2D eigenvalue weighted by atomic mass is 9.89. The van der Waals surface area contributed by atoms with E-state index < -0.39 is 17.5 Å². The molecule has 0 radical (unpaired) electrons. The number of rotatable bonds is 5. The molecule has 1 rings (SSSR count).